The van der Waals surface area contributed by atoms with E-state index in [0.29, 0.717) is 29.3 Å². The second-order valence-corrected chi connectivity index (χ2v) is 11.3. The van der Waals surface area contributed by atoms with Crippen molar-refractivity contribution in [1.82, 2.24) is 9.80 Å². The summed E-state index contributed by atoms with van der Waals surface area (Å²) in [6, 6.07) is 5.11. The fourth-order valence-electron chi connectivity index (χ4n) is 5.71. The molecular weight excluding hydrogens is 581 g/mol. The molecule has 4 nitrogen and oxygen atoms in total. The first-order valence-corrected chi connectivity index (χ1v) is 13.7. The first-order chi connectivity index (χ1) is 18.7. The van der Waals surface area contributed by atoms with E-state index in [4.69, 9.17) is 23.2 Å². The predicted molar refractivity (Wildman–Crippen MR) is 139 cm³/mol. The van der Waals surface area contributed by atoms with E-state index >= 15 is 0 Å². The number of piperidine rings is 1. The van der Waals surface area contributed by atoms with Gasteiger partial charge >= 0.3 is 12.4 Å². The SMILES string of the molecule is CN(C(=O)c1cc(C(F)(F)F)cc(C(F)(F)F)c1)[C@@H]1CCN(C(=O)C2CCCCC2)C[C@H]1c1ccc(Cl)c(Cl)c1. The van der Waals surface area contributed by atoms with Gasteiger partial charge in [0.25, 0.3) is 5.91 Å². The van der Waals surface area contributed by atoms with Crippen LogP contribution in [-0.2, 0) is 17.1 Å². The van der Waals surface area contributed by atoms with Crippen LogP contribution in [-0.4, -0.2) is 47.8 Å². The third-order valence-electron chi connectivity index (χ3n) is 7.87. The summed E-state index contributed by atoms with van der Waals surface area (Å²) in [4.78, 5) is 29.7. The molecule has 0 spiro atoms. The van der Waals surface area contributed by atoms with Crippen molar-refractivity contribution in [2.75, 3.05) is 20.1 Å². The smallest absolute Gasteiger partial charge is 0.342 e. The van der Waals surface area contributed by atoms with Crippen LogP contribution in [0.4, 0.5) is 26.3 Å². The maximum absolute atomic E-state index is 13.4. The highest BCUT2D eigenvalue weighted by Gasteiger charge is 2.41. The van der Waals surface area contributed by atoms with Crippen molar-refractivity contribution < 1.29 is 35.9 Å². The molecule has 0 bridgehead atoms. The van der Waals surface area contributed by atoms with Gasteiger partial charge in [0, 0.05) is 43.6 Å². The lowest BCUT2D eigenvalue weighted by molar-refractivity contribution is -0.143. The van der Waals surface area contributed by atoms with Gasteiger partial charge in [0.1, 0.15) is 0 Å². The maximum atomic E-state index is 13.4. The molecule has 218 valence electrons. The summed E-state index contributed by atoms with van der Waals surface area (Å²) in [5.74, 6) is -1.56. The van der Waals surface area contributed by atoms with Crippen LogP contribution in [0.25, 0.3) is 0 Å². The molecule has 2 fully saturated rings. The molecular formula is C28H28Cl2F6N2O2. The number of carbonyl (C=O) groups is 2. The van der Waals surface area contributed by atoms with Gasteiger partial charge in [0.05, 0.1) is 21.2 Å². The molecule has 0 N–H and O–H groups in total. The van der Waals surface area contributed by atoms with Gasteiger partial charge in [-0.05, 0) is 55.2 Å². The number of hydrogen-bond acceptors (Lipinski definition) is 2. The number of rotatable bonds is 4. The fourth-order valence-corrected chi connectivity index (χ4v) is 6.02. The lowest BCUT2D eigenvalue weighted by atomic mass is 9.83. The Morgan fingerprint density at radius 2 is 1.45 bits per heavy atom. The molecule has 2 amide bonds. The number of benzene rings is 2. The van der Waals surface area contributed by atoms with E-state index in [1.807, 2.05) is 0 Å². The number of nitrogens with zero attached hydrogens (tertiary/aromatic N) is 2. The zero-order valence-corrected chi connectivity index (χ0v) is 23.1. The first-order valence-electron chi connectivity index (χ1n) is 13.0. The van der Waals surface area contributed by atoms with Gasteiger partial charge in [-0.15, -0.1) is 0 Å². The summed E-state index contributed by atoms with van der Waals surface area (Å²) in [6.07, 6.45) is -5.27. The van der Waals surface area contributed by atoms with E-state index in [1.54, 1.807) is 23.1 Å². The highest BCUT2D eigenvalue weighted by atomic mass is 35.5. The molecule has 1 aliphatic heterocycles. The number of likely N-dealkylation sites (tertiary alicyclic amines) is 1. The summed E-state index contributed by atoms with van der Waals surface area (Å²) >= 11 is 12.3. The van der Waals surface area contributed by atoms with Crippen LogP contribution in [0.2, 0.25) is 10.0 Å². The van der Waals surface area contributed by atoms with Gasteiger partial charge < -0.3 is 9.80 Å². The molecule has 0 aromatic heterocycles. The molecule has 4 rings (SSSR count). The van der Waals surface area contributed by atoms with Crippen molar-refractivity contribution in [2.24, 2.45) is 5.92 Å². The summed E-state index contributed by atoms with van der Waals surface area (Å²) in [7, 11) is 1.35. The lowest BCUT2D eigenvalue weighted by Crippen LogP contribution is -2.53. The fraction of sp³-hybridized carbons (Fsp3) is 0.500. The number of alkyl halides is 6. The number of halogens is 8. The molecule has 0 unspecified atom stereocenters. The van der Waals surface area contributed by atoms with Gasteiger partial charge in [-0.2, -0.15) is 26.3 Å². The number of amides is 2. The molecule has 1 saturated heterocycles. The van der Waals surface area contributed by atoms with Crippen LogP contribution in [0.3, 0.4) is 0 Å². The molecule has 40 heavy (non-hydrogen) atoms. The Morgan fingerprint density at radius 3 is 2.00 bits per heavy atom. The van der Waals surface area contributed by atoms with E-state index in [9.17, 15) is 35.9 Å². The molecule has 2 aromatic carbocycles. The lowest BCUT2D eigenvalue weighted by Gasteiger charge is -2.44. The number of carbonyl (C=O) groups excluding carboxylic acids is 2. The maximum Gasteiger partial charge on any atom is 0.416 e. The molecule has 12 heteroatoms. The van der Waals surface area contributed by atoms with Crippen molar-refractivity contribution in [3.63, 3.8) is 0 Å². The molecule has 0 radical (unpaired) electrons. The predicted octanol–water partition coefficient (Wildman–Crippen LogP) is 8.07. The molecule has 2 aliphatic rings. The third-order valence-corrected chi connectivity index (χ3v) is 8.61. The second-order valence-electron chi connectivity index (χ2n) is 10.5. The average molecular weight is 609 g/mol. The Morgan fingerprint density at radius 1 is 0.850 bits per heavy atom. The largest absolute Gasteiger partial charge is 0.416 e. The van der Waals surface area contributed by atoms with E-state index < -0.39 is 46.9 Å². The Bertz CT molecular complexity index is 1230. The minimum absolute atomic E-state index is 0.00927. The van der Waals surface area contributed by atoms with Crippen LogP contribution in [0, 0.1) is 5.92 Å². The summed E-state index contributed by atoms with van der Waals surface area (Å²) in [5, 5.41) is 0.538. The van der Waals surface area contributed by atoms with Crippen LogP contribution in [0.15, 0.2) is 36.4 Å². The van der Waals surface area contributed by atoms with Crippen molar-refractivity contribution in [2.45, 2.75) is 62.8 Å². The third kappa shape index (κ3) is 6.70. The Kier molecular flexibility index (Phi) is 9.00. The highest BCUT2D eigenvalue weighted by molar-refractivity contribution is 6.42. The number of hydrogen-bond donors (Lipinski definition) is 0. The Labute approximate surface area is 238 Å². The molecule has 1 saturated carbocycles. The van der Waals surface area contributed by atoms with E-state index in [2.05, 4.69) is 0 Å². The van der Waals surface area contributed by atoms with Gasteiger partial charge in [-0.1, -0.05) is 48.5 Å². The molecule has 1 heterocycles. The van der Waals surface area contributed by atoms with Crippen molar-refractivity contribution in [3.05, 3.63) is 68.7 Å². The monoisotopic (exact) mass is 608 g/mol. The second kappa shape index (κ2) is 11.8. The standard InChI is InChI=1S/C28H28Cl2F6N2O2/c1-37(25(39)18-11-19(27(31,32)33)14-20(12-18)28(34,35)36)24-9-10-38(26(40)16-5-3-2-4-6-16)15-21(24)17-7-8-22(29)23(30)13-17/h7-8,11-14,16,21,24H,2-6,9-10,15H2,1H3/t21-,24+/m0/s1. The normalized spacial score (nSPS) is 20.9. The molecule has 1 aliphatic carbocycles. The topological polar surface area (TPSA) is 40.6 Å². The van der Waals surface area contributed by atoms with Crippen LogP contribution < -0.4 is 0 Å². The molecule has 2 aromatic rings. The van der Waals surface area contributed by atoms with Crippen LogP contribution in [0.5, 0.6) is 0 Å². The quantitative estimate of drug-likeness (QED) is 0.329. The minimum Gasteiger partial charge on any atom is -0.342 e. The van der Waals surface area contributed by atoms with Crippen LogP contribution >= 0.6 is 23.2 Å². The van der Waals surface area contributed by atoms with Gasteiger partial charge in [-0.3, -0.25) is 9.59 Å². The summed E-state index contributed by atoms with van der Waals surface area (Å²) in [5.41, 5.74) is -3.19. The zero-order valence-electron chi connectivity index (χ0n) is 21.6. The van der Waals surface area contributed by atoms with Gasteiger partial charge in [0.2, 0.25) is 5.91 Å². The van der Waals surface area contributed by atoms with Crippen LogP contribution in [0.1, 0.15) is 71.5 Å². The highest BCUT2D eigenvalue weighted by Crippen LogP contribution is 2.39. The zero-order chi connectivity index (χ0) is 29.4. The van der Waals surface area contributed by atoms with Gasteiger partial charge in [-0.25, -0.2) is 0 Å². The molecule has 2 atom stereocenters. The minimum atomic E-state index is -5.08. The van der Waals surface area contributed by atoms with E-state index in [-0.39, 0.29) is 35.9 Å². The van der Waals surface area contributed by atoms with Gasteiger partial charge in [0.15, 0.2) is 0 Å². The summed E-state index contributed by atoms with van der Waals surface area (Å²) in [6.45, 7) is 0.512. The Hall–Kier alpha value is -2.46. The first kappa shape index (κ1) is 30.5. The van der Waals surface area contributed by atoms with Crippen molar-refractivity contribution in [3.8, 4) is 0 Å². The average Bonchev–Trinajstić information content (AvgIpc) is 2.92. The van der Waals surface area contributed by atoms with E-state index in [1.165, 1.54) is 11.9 Å². The number of likely N-dealkylation sites (N-methyl/N-ethyl adjacent to an activating group) is 1. The van der Waals surface area contributed by atoms with E-state index in [0.717, 1.165) is 32.1 Å². The Balaban J connectivity index is 1.67. The van der Waals surface area contributed by atoms with Crippen molar-refractivity contribution >= 4 is 35.0 Å². The van der Waals surface area contributed by atoms with Crippen molar-refractivity contribution in [1.29, 1.82) is 0 Å². The summed E-state index contributed by atoms with van der Waals surface area (Å²) < 4.78 is 80.6.